The zero-order valence-electron chi connectivity index (χ0n) is 14.4. The third kappa shape index (κ3) is 3.28. The number of carbonyl (C=O) groups is 2. The molecule has 5 nitrogen and oxygen atoms in total. The van der Waals surface area contributed by atoms with Crippen molar-refractivity contribution in [2.45, 2.75) is 25.1 Å². The number of carbonyl (C=O) groups excluding carboxylic acids is 2. The molecule has 28 heavy (non-hydrogen) atoms. The molecule has 2 N–H and O–H groups in total. The quantitative estimate of drug-likeness (QED) is 0.766. The zero-order chi connectivity index (χ0) is 20.1. The highest BCUT2D eigenvalue weighted by Gasteiger charge is 2.36. The van der Waals surface area contributed by atoms with Crippen LogP contribution in [0.2, 0.25) is 5.02 Å². The maximum absolute atomic E-state index is 13.0. The van der Waals surface area contributed by atoms with Gasteiger partial charge in [0.1, 0.15) is 6.04 Å². The number of nitrogens with zero attached hydrogens (tertiary/aromatic N) is 1. The van der Waals surface area contributed by atoms with Crippen molar-refractivity contribution in [1.29, 1.82) is 0 Å². The Morgan fingerprint density at radius 1 is 1.21 bits per heavy atom. The Bertz CT molecular complexity index is 977. The van der Waals surface area contributed by atoms with E-state index in [0.717, 1.165) is 37.2 Å². The first kappa shape index (κ1) is 18.6. The van der Waals surface area contributed by atoms with Gasteiger partial charge in [-0.1, -0.05) is 11.6 Å². The van der Waals surface area contributed by atoms with Gasteiger partial charge >= 0.3 is 6.18 Å². The van der Waals surface area contributed by atoms with Gasteiger partial charge in [-0.05, 0) is 49.2 Å². The average molecular weight is 410 g/mol. The molecule has 9 heteroatoms. The summed E-state index contributed by atoms with van der Waals surface area (Å²) in [5.41, 5.74) is 0.528. The van der Waals surface area contributed by atoms with Crippen LogP contribution in [0.1, 0.15) is 28.8 Å². The fraction of sp³-hybridized carbons (Fsp3) is 0.263. The highest BCUT2D eigenvalue weighted by Crippen LogP contribution is 2.38. The molecule has 1 atom stereocenters. The van der Waals surface area contributed by atoms with Gasteiger partial charge in [-0.15, -0.1) is 0 Å². The molecule has 0 unspecified atom stereocenters. The number of halogens is 4. The van der Waals surface area contributed by atoms with Crippen molar-refractivity contribution in [3.8, 4) is 0 Å². The van der Waals surface area contributed by atoms with Gasteiger partial charge in [0, 0.05) is 17.8 Å². The summed E-state index contributed by atoms with van der Waals surface area (Å²) in [6.45, 7) is 0.765. The van der Waals surface area contributed by atoms with Crippen LogP contribution in [0.4, 0.5) is 30.2 Å². The monoisotopic (exact) mass is 409 g/mol. The Hall–Kier alpha value is -2.74. The van der Waals surface area contributed by atoms with Gasteiger partial charge in [0.15, 0.2) is 0 Å². The Morgan fingerprint density at radius 3 is 2.75 bits per heavy atom. The van der Waals surface area contributed by atoms with Crippen LogP contribution in [0, 0.1) is 0 Å². The minimum absolute atomic E-state index is 0.0249. The average Bonchev–Trinajstić information content (AvgIpc) is 3.12. The van der Waals surface area contributed by atoms with E-state index < -0.39 is 22.7 Å². The summed E-state index contributed by atoms with van der Waals surface area (Å²) in [6.07, 6.45) is -2.93. The minimum Gasteiger partial charge on any atom is -0.358 e. The van der Waals surface area contributed by atoms with Crippen LogP contribution in [0.25, 0.3) is 0 Å². The molecule has 2 heterocycles. The van der Waals surface area contributed by atoms with Crippen LogP contribution in [-0.2, 0) is 11.0 Å². The molecule has 146 valence electrons. The van der Waals surface area contributed by atoms with Gasteiger partial charge in [-0.25, -0.2) is 0 Å². The fourth-order valence-electron chi connectivity index (χ4n) is 3.60. The van der Waals surface area contributed by atoms with Gasteiger partial charge < -0.3 is 15.5 Å². The lowest BCUT2D eigenvalue weighted by Gasteiger charge is -2.33. The van der Waals surface area contributed by atoms with Crippen LogP contribution >= 0.6 is 11.6 Å². The van der Waals surface area contributed by atoms with E-state index in [1.165, 1.54) is 12.1 Å². The number of hydrogen-bond acceptors (Lipinski definition) is 3. The van der Waals surface area contributed by atoms with Crippen molar-refractivity contribution < 1.29 is 22.8 Å². The lowest BCUT2D eigenvalue weighted by Crippen LogP contribution is -2.43. The molecule has 2 amide bonds. The standard InChI is InChI=1S/C19H15ClF3N3O2/c20-13-5-4-11(9-12(13)19(21,22)23)24-17(27)10-3-6-15-14(8-10)25-18(28)16-2-1-7-26(15)16/h3-6,8-9,16H,1-2,7H2,(H,24,27)(H,25,28)/t16-/m1/s1. The van der Waals surface area contributed by atoms with E-state index >= 15 is 0 Å². The van der Waals surface area contributed by atoms with Gasteiger partial charge in [0.25, 0.3) is 5.91 Å². The number of anilines is 3. The van der Waals surface area contributed by atoms with E-state index in [4.69, 9.17) is 11.6 Å². The topological polar surface area (TPSA) is 61.4 Å². The predicted molar refractivity (Wildman–Crippen MR) is 99.8 cm³/mol. The van der Waals surface area contributed by atoms with Gasteiger partial charge in [-0.3, -0.25) is 9.59 Å². The molecule has 2 aromatic carbocycles. The second kappa shape index (κ2) is 6.70. The van der Waals surface area contributed by atoms with E-state index in [-0.39, 0.29) is 23.2 Å². The second-order valence-corrected chi connectivity index (χ2v) is 7.13. The van der Waals surface area contributed by atoms with Crippen LogP contribution in [0.3, 0.4) is 0 Å². The summed E-state index contributed by atoms with van der Waals surface area (Å²) in [4.78, 5) is 26.7. The fourth-order valence-corrected chi connectivity index (χ4v) is 3.82. The van der Waals surface area contributed by atoms with Crippen molar-refractivity contribution in [3.63, 3.8) is 0 Å². The van der Waals surface area contributed by atoms with Crippen LogP contribution in [-0.4, -0.2) is 24.4 Å². The van der Waals surface area contributed by atoms with Gasteiger partial charge in [-0.2, -0.15) is 13.2 Å². The maximum atomic E-state index is 13.0. The normalized spacial score (nSPS) is 18.4. The number of benzene rings is 2. The Balaban J connectivity index is 1.58. The molecule has 2 aliphatic rings. The molecule has 2 aliphatic heterocycles. The SMILES string of the molecule is O=C(Nc1ccc(Cl)c(C(F)(F)F)c1)c1ccc2c(c1)NC(=O)[C@H]1CCCN21. The van der Waals surface area contributed by atoms with E-state index in [1.54, 1.807) is 12.1 Å². The summed E-state index contributed by atoms with van der Waals surface area (Å²) >= 11 is 5.59. The molecular weight excluding hydrogens is 395 g/mol. The van der Waals surface area contributed by atoms with Gasteiger partial charge in [0.2, 0.25) is 5.91 Å². The molecule has 4 rings (SSSR count). The van der Waals surface area contributed by atoms with Crippen molar-refractivity contribution in [1.82, 2.24) is 0 Å². The number of alkyl halides is 3. The lowest BCUT2D eigenvalue weighted by molar-refractivity contribution is -0.137. The van der Waals surface area contributed by atoms with Crippen LogP contribution in [0.15, 0.2) is 36.4 Å². The van der Waals surface area contributed by atoms with Crippen molar-refractivity contribution in [2.24, 2.45) is 0 Å². The molecule has 1 fully saturated rings. The first-order valence-corrected chi connectivity index (χ1v) is 9.01. The first-order chi connectivity index (χ1) is 13.2. The van der Waals surface area contributed by atoms with Crippen molar-refractivity contribution in [2.75, 3.05) is 22.1 Å². The number of fused-ring (bicyclic) bond motifs is 3. The van der Waals surface area contributed by atoms with Gasteiger partial charge in [0.05, 0.1) is 22.0 Å². The van der Waals surface area contributed by atoms with Crippen molar-refractivity contribution in [3.05, 3.63) is 52.5 Å². The summed E-state index contributed by atoms with van der Waals surface area (Å²) in [5.74, 6) is -0.703. The third-order valence-corrected chi connectivity index (χ3v) is 5.24. The molecular formula is C19H15ClF3N3O2. The highest BCUT2D eigenvalue weighted by atomic mass is 35.5. The second-order valence-electron chi connectivity index (χ2n) is 6.72. The molecule has 0 spiro atoms. The van der Waals surface area contributed by atoms with E-state index in [9.17, 15) is 22.8 Å². The summed E-state index contributed by atoms with van der Waals surface area (Å²) < 4.78 is 38.9. The Kier molecular flexibility index (Phi) is 4.45. The molecule has 0 aromatic heterocycles. The minimum atomic E-state index is -4.62. The Labute approximate surface area is 163 Å². The van der Waals surface area contributed by atoms with E-state index in [2.05, 4.69) is 10.6 Å². The molecule has 0 bridgehead atoms. The summed E-state index contributed by atoms with van der Waals surface area (Å²) in [6, 6.07) is 7.83. The molecule has 0 aliphatic carbocycles. The van der Waals surface area contributed by atoms with E-state index in [0.29, 0.717) is 5.69 Å². The molecule has 0 saturated carbocycles. The highest BCUT2D eigenvalue weighted by molar-refractivity contribution is 6.31. The zero-order valence-corrected chi connectivity index (χ0v) is 15.2. The summed E-state index contributed by atoms with van der Waals surface area (Å²) in [5, 5.41) is 4.80. The molecule has 0 radical (unpaired) electrons. The number of nitrogens with one attached hydrogen (secondary N) is 2. The third-order valence-electron chi connectivity index (χ3n) is 4.91. The maximum Gasteiger partial charge on any atom is 0.417 e. The first-order valence-electron chi connectivity index (χ1n) is 8.64. The van der Waals surface area contributed by atoms with Crippen molar-refractivity contribution >= 4 is 40.5 Å². The number of rotatable bonds is 2. The van der Waals surface area contributed by atoms with Crippen LogP contribution < -0.4 is 15.5 Å². The number of hydrogen-bond donors (Lipinski definition) is 2. The molecule has 2 aromatic rings. The lowest BCUT2D eigenvalue weighted by atomic mass is 10.1. The largest absolute Gasteiger partial charge is 0.417 e. The van der Waals surface area contributed by atoms with Crippen LogP contribution in [0.5, 0.6) is 0 Å². The Morgan fingerprint density at radius 2 is 2.00 bits per heavy atom. The van der Waals surface area contributed by atoms with E-state index in [1.807, 2.05) is 4.90 Å². The smallest absolute Gasteiger partial charge is 0.358 e. The summed E-state index contributed by atoms with van der Waals surface area (Å²) in [7, 11) is 0. The molecule has 1 saturated heterocycles. The predicted octanol–water partition coefficient (Wildman–Crippen LogP) is 4.53. The number of amides is 2.